The van der Waals surface area contributed by atoms with Crippen LogP contribution in [0.3, 0.4) is 0 Å². The number of nitrogens with one attached hydrogen (secondary N) is 3. The second kappa shape index (κ2) is 7.47. The van der Waals surface area contributed by atoms with E-state index >= 15 is 0 Å². The molecule has 0 unspecified atom stereocenters. The topological polar surface area (TPSA) is 111 Å². The van der Waals surface area contributed by atoms with Crippen LogP contribution in [0.4, 0.5) is 0 Å². The second-order valence-corrected chi connectivity index (χ2v) is 7.97. The maximum atomic E-state index is 12.7. The number of carbonyl (C=O) groups is 2. The lowest BCUT2D eigenvalue weighted by atomic mass is 9.94. The molecule has 0 atom stereocenters. The Bertz CT molecular complexity index is 1540. The third-order valence-corrected chi connectivity index (χ3v) is 6.10. The van der Waals surface area contributed by atoms with Crippen molar-refractivity contribution in [1.29, 1.82) is 0 Å². The van der Waals surface area contributed by atoms with Crippen LogP contribution in [0.5, 0.6) is 0 Å². The Kier molecular flexibility index (Phi) is 4.73. The fourth-order valence-electron chi connectivity index (χ4n) is 4.10. The van der Waals surface area contributed by atoms with Gasteiger partial charge in [0.1, 0.15) is 11.4 Å². The van der Waals surface area contributed by atoms with Crippen molar-refractivity contribution in [2.75, 3.05) is 7.11 Å². The number of hydrogen-bond donors (Lipinski definition) is 4. The van der Waals surface area contributed by atoms with Crippen LogP contribution in [0.2, 0.25) is 10.0 Å². The van der Waals surface area contributed by atoms with Crippen LogP contribution in [-0.2, 0) is 4.74 Å². The summed E-state index contributed by atoms with van der Waals surface area (Å²) < 4.78 is 4.95. The van der Waals surface area contributed by atoms with Crippen LogP contribution in [0.1, 0.15) is 21.0 Å². The van der Waals surface area contributed by atoms with Gasteiger partial charge in [0.05, 0.1) is 28.2 Å². The smallest absolute Gasteiger partial charge is 0.355 e. The van der Waals surface area contributed by atoms with Crippen molar-refractivity contribution >= 4 is 56.9 Å². The van der Waals surface area contributed by atoms with Crippen LogP contribution < -0.4 is 0 Å². The molecule has 4 N–H and O–H groups in total. The zero-order chi connectivity index (χ0) is 22.6. The second-order valence-electron chi connectivity index (χ2n) is 7.15. The lowest BCUT2D eigenvalue weighted by Crippen LogP contribution is -2.04. The molecule has 7 nitrogen and oxygen atoms in total. The Morgan fingerprint density at radius 3 is 1.81 bits per heavy atom. The maximum Gasteiger partial charge on any atom is 0.355 e. The number of halogens is 2. The molecule has 160 valence electrons. The van der Waals surface area contributed by atoms with E-state index in [1.54, 1.807) is 36.7 Å². The van der Waals surface area contributed by atoms with Crippen LogP contribution in [-0.4, -0.2) is 39.1 Å². The quantitative estimate of drug-likeness (QED) is 0.239. The maximum absolute atomic E-state index is 12.7. The number of para-hydroxylation sites is 2. The Hall–Kier alpha value is -3.68. The van der Waals surface area contributed by atoms with E-state index in [1.807, 2.05) is 12.1 Å². The van der Waals surface area contributed by atoms with Crippen molar-refractivity contribution in [2.24, 2.45) is 0 Å². The molecule has 0 fully saturated rings. The van der Waals surface area contributed by atoms with Gasteiger partial charge in [-0.25, -0.2) is 9.59 Å². The summed E-state index contributed by atoms with van der Waals surface area (Å²) >= 11 is 12.7. The standard InChI is InChI=1S/C23H15Cl2N3O4/c1-32-23(31)21-17(13-9-27-19-11(13)5-3-7-15(19)25)16(20(28-21)22(29)30)12-8-26-18-10(12)4-2-6-14(18)24/h2-9,26-28H,1H3,(H,29,30). The van der Waals surface area contributed by atoms with Gasteiger partial charge in [0.25, 0.3) is 0 Å². The monoisotopic (exact) mass is 467 g/mol. The first-order valence-corrected chi connectivity index (χ1v) is 10.3. The molecular weight excluding hydrogens is 453 g/mol. The lowest BCUT2D eigenvalue weighted by Gasteiger charge is -2.07. The first-order chi connectivity index (χ1) is 15.4. The Labute approximate surface area is 190 Å². The number of benzene rings is 2. The number of ether oxygens (including phenoxy) is 1. The van der Waals surface area contributed by atoms with Gasteiger partial charge >= 0.3 is 11.9 Å². The van der Waals surface area contributed by atoms with Gasteiger partial charge in [0, 0.05) is 45.4 Å². The molecule has 3 aromatic heterocycles. The van der Waals surface area contributed by atoms with Crippen LogP contribution >= 0.6 is 23.2 Å². The number of aromatic nitrogens is 3. The molecule has 3 heterocycles. The van der Waals surface area contributed by atoms with E-state index in [9.17, 15) is 14.7 Å². The minimum atomic E-state index is -1.22. The highest BCUT2D eigenvalue weighted by molar-refractivity contribution is 6.36. The summed E-state index contributed by atoms with van der Waals surface area (Å²) in [6.45, 7) is 0. The largest absolute Gasteiger partial charge is 0.477 e. The first kappa shape index (κ1) is 20.2. The molecular formula is C23H15Cl2N3O4. The van der Waals surface area contributed by atoms with Gasteiger partial charge in [-0.05, 0) is 12.1 Å². The van der Waals surface area contributed by atoms with E-state index in [4.69, 9.17) is 27.9 Å². The Balaban J connectivity index is 1.94. The summed E-state index contributed by atoms with van der Waals surface area (Å²) in [5.74, 6) is -1.91. The molecule has 0 saturated carbocycles. The van der Waals surface area contributed by atoms with Crippen LogP contribution in [0.15, 0.2) is 48.8 Å². The van der Waals surface area contributed by atoms with Crippen molar-refractivity contribution < 1.29 is 19.4 Å². The summed E-state index contributed by atoms with van der Waals surface area (Å²) in [4.78, 5) is 33.9. The summed E-state index contributed by atoms with van der Waals surface area (Å²) in [6, 6.07) is 10.7. The number of esters is 1. The molecule has 0 bridgehead atoms. The molecule has 0 aliphatic rings. The molecule has 32 heavy (non-hydrogen) atoms. The summed E-state index contributed by atoms with van der Waals surface area (Å²) in [5, 5.41) is 12.4. The minimum Gasteiger partial charge on any atom is -0.477 e. The van der Waals surface area contributed by atoms with E-state index < -0.39 is 11.9 Å². The molecule has 0 aliphatic carbocycles. The number of rotatable bonds is 4. The number of fused-ring (bicyclic) bond motifs is 2. The molecule has 9 heteroatoms. The molecule has 0 amide bonds. The average molecular weight is 468 g/mol. The first-order valence-electron chi connectivity index (χ1n) is 9.51. The third kappa shape index (κ3) is 2.90. The normalized spacial score (nSPS) is 11.3. The van der Waals surface area contributed by atoms with Gasteiger partial charge < -0.3 is 24.8 Å². The lowest BCUT2D eigenvalue weighted by molar-refractivity contribution is 0.0595. The van der Waals surface area contributed by atoms with Crippen molar-refractivity contribution in [1.82, 2.24) is 15.0 Å². The highest BCUT2D eigenvalue weighted by atomic mass is 35.5. The third-order valence-electron chi connectivity index (χ3n) is 5.47. The number of carbonyl (C=O) groups excluding carboxylic acids is 1. The molecule has 2 aromatic carbocycles. The van der Waals surface area contributed by atoms with Crippen molar-refractivity contribution in [3.63, 3.8) is 0 Å². The highest BCUT2D eigenvalue weighted by Gasteiger charge is 2.30. The van der Waals surface area contributed by atoms with E-state index in [0.29, 0.717) is 43.3 Å². The van der Waals surface area contributed by atoms with Crippen LogP contribution in [0, 0.1) is 0 Å². The molecule has 5 rings (SSSR count). The van der Waals surface area contributed by atoms with E-state index in [1.165, 1.54) is 7.11 Å². The molecule has 0 aliphatic heterocycles. The van der Waals surface area contributed by atoms with Gasteiger partial charge in [-0.15, -0.1) is 0 Å². The number of methoxy groups -OCH3 is 1. The summed E-state index contributed by atoms with van der Waals surface area (Å²) in [6.07, 6.45) is 3.38. The number of hydrogen-bond acceptors (Lipinski definition) is 3. The van der Waals surface area contributed by atoms with Gasteiger partial charge in [-0.3, -0.25) is 0 Å². The Morgan fingerprint density at radius 1 is 0.844 bits per heavy atom. The van der Waals surface area contributed by atoms with Gasteiger partial charge in [0.2, 0.25) is 0 Å². The van der Waals surface area contributed by atoms with E-state index in [2.05, 4.69) is 15.0 Å². The number of H-pyrrole nitrogens is 3. The van der Waals surface area contributed by atoms with Gasteiger partial charge in [0.15, 0.2) is 0 Å². The van der Waals surface area contributed by atoms with E-state index in [0.717, 1.165) is 10.8 Å². The van der Waals surface area contributed by atoms with Crippen molar-refractivity contribution in [3.8, 4) is 22.3 Å². The predicted molar refractivity (Wildman–Crippen MR) is 124 cm³/mol. The van der Waals surface area contributed by atoms with Gasteiger partial charge in [-0.1, -0.05) is 47.5 Å². The summed E-state index contributed by atoms with van der Waals surface area (Å²) in [7, 11) is 1.24. The highest BCUT2D eigenvalue weighted by Crippen LogP contribution is 2.45. The number of carboxylic acid groups (broad SMARTS) is 1. The van der Waals surface area contributed by atoms with Crippen molar-refractivity contribution in [2.45, 2.75) is 0 Å². The molecule has 0 radical (unpaired) electrons. The fraction of sp³-hybridized carbons (Fsp3) is 0.0435. The zero-order valence-electron chi connectivity index (χ0n) is 16.5. The number of aromatic carboxylic acids is 1. The van der Waals surface area contributed by atoms with Crippen molar-refractivity contribution in [3.05, 3.63) is 70.2 Å². The average Bonchev–Trinajstić information content (AvgIpc) is 3.48. The number of aromatic amines is 3. The molecule has 0 spiro atoms. The summed E-state index contributed by atoms with van der Waals surface area (Å²) in [5.41, 5.74) is 3.14. The minimum absolute atomic E-state index is 0.0251. The SMILES string of the molecule is COC(=O)c1[nH]c(C(=O)O)c(-c2c[nH]c3c(Cl)cccc23)c1-c1c[nH]c2c(Cl)cccc12. The predicted octanol–water partition coefficient (Wildman–Crippen LogP) is 6.10. The zero-order valence-corrected chi connectivity index (χ0v) is 18.1. The molecule has 5 aromatic rings. The van der Waals surface area contributed by atoms with E-state index in [-0.39, 0.29) is 11.4 Å². The molecule has 0 saturated heterocycles. The van der Waals surface area contributed by atoms with Gasteiger partial charge in [-0.2, -0.15) is 0 Å². The Morgan fingerprint density at radius 2 is 1.34 bits per heavy atom. The van der Waals surface area contributed by atoms with Crippen LogP contribution in [0.25, 0.3) is 44.1 Å². The fourth-order valence-corrected chi connectivity index (χ4v) is 4.56. The number of carboxylic acids is 1.